The molecule has 0 amide bonds. The molecule has 114 valence electrons. The summed E-state index contributed by atoms with van der Waals surface area (Å²) in [5.41, 5.74) is 1.21. The van der Waals surface area contributed by atoms with E-state index in [1.807, 2.05) is 26.1 Å². The molecule has 0 N–H and O–H groups in total. The molecule has 1 fully saturated rings. The molecule has 0 aromatic carbocycles. The van der Waals surface area contributed by atoms with Crippen LogP contribution in [0, 0.1) is 24.2 Å². The minimum absolute atomic E-state index is 0.820. The first-order valence-electron chi connectivity index (χ1n) is 7.72. The zero-order valence-electron chi connectivity index (χ0n) is 13.7. The molecule has 2 unspecified atom stereocenters. The summed E-state index contributed by atoms with van der Waals surface area (Å²) >= 11 is 0. The van der Waals surface area contributed by atoms with Crippen molar-refractivity contribution in [3.05, 3.63) is 11.6 Å². The molecule has 0 bridgehead atoms. The third kappa shape index (κ3) is 9.81. The largest absolute Gasteiger partial charge is 0.381 e. The molecule has 0 saturated carbocycles. The quantitative estimate of drug-likeness (QED) is 0.421. The van der Waals surface area contributed by atoms with Gasteiger partial charge in [0.15, 0.2) is 0 Å². The third-order valence-electron chi connectivity index (χ3n) is 3.84. The first kappa shape index (κ1) is 18.9. The van der Waals surface area contributed by atoms with E-state index < -0.39 is 0 Å². The van der Waals surface area contributed by atoms with E-state index in [1.165, 1.54) is 31.3 Å². The van der Waals surface area contributed by atoms with Crippen molar-refractivity contribution in [2.75, 3.05) is 20.3 Å². The molecule has 1 heterocycles. The average Bonchev–Trinajstić information content (AvgIpc) is 2.65. The normalized spacial score (nSPS) is 23.6. The van der Waals surface area contributed by atoms with Gasteiger partial charge in [0.1, 0.15) is 0 Å². The van der Waals surface area contributed by atoms with Crippen LogP contribution in [0.3, 0.4) is 0 Å². The molecular weight excluding hydrogens is 246 g/mol. The van der Waals surface area contributed by atoms with Gasteiger partial charge in [0.05, 0.1) is 0 Å². The number of aliphatic imine (C=N–C) groups is 1. The predicted octanol–water partition coefficient (Wildman–Crippen LogP) is 4.51. The number of nitrogens with zero attached hydrogens (tertiary/aromatic N) is 1. The maximum atomic E-state index is 5.46. The fraction of sp³-hybridized carbons (Fsp3) is 0.722. The van der Waals surface area contributed by atoms with Gasteiger partial charge in [0, 0.05) is 32.9 Å². The van der Waals surface area contributed by atoms with Crippen LogP contribution < -0.4 is 0 Å². The second kappa shape index (κ2) is 12.9. The first-order valence-corrected chi connectivity index (χ1v) is 7.72. The monoisotopic (exact) mass is 277 g/mol. The molecule has 1 aliphatic rings. The number of allylic oxidation sites excluding steroid dienone is 2. The lowest BCUT2D eigenvalue weighted by molar-refractivity contribution is 0.140. The van der Waals surface area contributed by atoms with E-state index >= 15 is 0 Å². The van der Waals surface area contributed by atoms with E-state index in [0.717, 1.165) is 31.5 Å². The van der Waals surface area contributed by atoms with Crippen molar-refractivity contribution in [2.45, 2.75) is 52.9 Å². The molecule has 0 aromatic rings. The topological polar surface area (TPSA) is 21.6 Å². The number of hydrogen-bond donors (Lipinski definition) is 0. The van der Waals surface area contributed by atoms with Gasteiger partial charge in [0.25, 0.3) is 0 Å². The third-order valence-corrected chi connectivity index (χ3v) is 3.84. The van der Waals surface area contributed by atoms with Crippen LogP contribution in [0.5, 0.6) is 0 Å². The van der Waals surface area contributed by atoms with Gasteiger partial charge in [-0.15, -0.1) is 12.3 Å². The van der Waals surface area contributed by atoms with Crippen LogP contribution in [0.1, 0.15) is 52.9 Å². The summed E-state index contributed by atoms with van der Waals surface area (Å²) in [6.45, 7) is 8.26. The van der Waals surface area contributed by atoms with Crippen molar-refractivity contribution in [3.63, 3.8) is 0 Å². The van der Waals surface area contributed by atoms with Crippen LogP contribution >= 0.6 is 0 Å². The van der Waals surface area contributed by atoms with E-state index in [0.29, 0.717) is 0 Å². The molecule has 2 heteroatoms. The Bertz CT molecular complexity index is 325. The van der Waals surface area contributed by atoms with Gasteiger partial charge >= 0.3 is 0 Å². The Balaban J connectivity index is 0.000000441. The number of hydrogen-bond acceptors (Lipinski definition) is 2. The Morgan fingerprint density at radius 3 is 2.65 bits per heavy atom. The van der Waals surface area contributed by atoms with E-state index in [2.05, 4.69) is 17.8 Å². The highest BCUT2D eigenvalue weighted by molar-refractivity contribution is 5.77. The van der Waals surface area contributed by atoms with Crippen LogP contribution in [0.2, 0.25) is 0 Å². The minimum atomic E-state index is 0.820. The number of unbranched alkanes of at least 4 members (excludes halogenated alkanes) is 1. The lowest BCUT2D eigenvalue weighted by Crippen LogP contribution is -2.11. The lowest BCUT2D eigenvalue weighted by atomic mass is 9.85. The maximum Gasteiger partial charge on any atom is 0.0468 e. The fourth-order valence-corrected chi connectivity index (χ4v) is 2.30. The molecule has 2 nitrogen and oxygen atoms in total. The maximum absolute atomic E-state index is 5.46. The Morgan fingerprint density at radius 1 is 1.40 bits per heavy atom. The van der Waals surface area contributed by atoms with Crippen molar-refractivity contribution in [1.82, 2.24) is 0 Å². The average molecular weight is 277 g/mol. The summed E-state index contributed by atoms with van der Waals surface area (Å²) in [6, 6.07) is 0. The van der Waals surface area contributed by atoms with Crippen LogP contribution in [0.15, 0.2) is 16.6 Å². The predicted molar refractivity (Wildman–Crippen MR) is 89.2 cm³/mol. The van der Waals surface area contributed by atoms with Crippen molar-refractivity contribution in [3.8, 4) is 12.3 Å². The summed E-state index contributed by atoms with van der Waals surface area (Å²) in [7, 11) is 1.77. The smallest absolute Gasteiger partial charge is 0.0468 e. The van der Waals surface area contributed by atoms with Crippen LogP contribution in [0.25, 0.3) is 0 Å². The Kier molecular flexibility index (Phi) is 12.2. The molecule has 1 saturated heterocycles. The Hall–Kier alpha value is -1.07. The van der Waals surface area contributed by atoms with Gasteiger partial charge in [0.2, 0.25) is 0 Å². The van der Waals surface area contributed by atoms with Crippen molar-refractivity contribution in [1.29, 1.82) is 0 Å². The number of ether oxygens (including phenoxy) is 1. The summed E-state index contributed by atoms with van der Waals surface area (Å²) in [5.74, 6) is 4.37. The molecule has 0 aliphatic carbocycles. The molecule has 20 heavy (non-hydrogen) atoms. The van der Waals surface area contributed by atoms with E-state index in [-0.39, 0.29) is 0 Å². The van der Waals surface area contributed by atoms with Gasteiger partial charge in [-0.3, -0.25) is 4.99 Å². The Labute approximate surface area is 125 Å². The van der Waals surface area contributed by atoms with Crippen LogP contribution in [-0.4, -0.2) is 26.5 Å². The molecule has 1 rings (SSSR count). The van der Waals surface area contributed by atoms with Crippen LogP contribution in [-0.2, 0) is 4.74 Å². The van der Waals surface area contributed by atoms with E-state index in [4.69, 9.17) is 11.2 Å². The van der Waals surface area contributed by atoms with Crippen molar-refractivity contribution < 1.29 is 4.74 Å². The summed E-state index contributed by atoms with van der Waals surface area (Å²) in [5, 5.41) is 0. The lowest BCUT2D eigenvalue weighted by Gasteiger charge is -2.19. The second-order valence-corrected chi connectivity index (χ2v) is 5.44. The molecular formula is C18H31NO. The highest BCUT2D eigenvalue weighted by Gasteiger charge is 2.19. The Morgan fingerprint density at radius 2 is 2.10 bits per heavy atom. The molecule has 1 aliphatic heterocycles. The molecule has 0 aromatic heterocycles. The van der Waals surface area contributed by atoms with Crippen LogP contribution in [0.4, 0.5) is 0 Å². The van der Waals surface area contributed by atoms with Crippen molar-refractivity contribution in [2.24, 2.45) is 16.8 Å². The summed E-state index contributed by atoms with van der Waals surface area (Å²) < 4.78 is 5.46. The van der Waals surface area contributed by atoms with Gasteiger partial charge in [-0.2, -0.15) is 0 Å². The highest BCUT2D eigenvalue weighted by Crippen LogP contribution is 2.27. The van der Waals surface area contributed by atoms with E-state index in [1.54, 1.807) is 7.05 Å². The number of rotatable bonds is 4. The number of terminal acetylenes is 1. The summed E-state index contributed by atoms with van der Waals surface area (Å²) in [6.07, 6.45) is 14.9. The SMILES string of the molecule is C#CCCCC1CCOCCC1C.C/C=C(/C)C=NC. The fourth-order valence-electron chi connectivity index (χ4n) is 2.30. The van der Waals surface area contributed by atoms with Gasteiger partial charge in [-0.05, 0) is 56.9 Å². The van der Waals surface area contributed by atoms with Gasteiger partial charge < -0.3 is 4.74 Å². The van der Waals surface area contributed by atoms with Gasteiger partial charge in [-0.25, -0.2) is 0 Å². The zero-order chi connectivity index (χ0) is 15.2. The first-order chi connectivity index (χ1) is 9.65. The van der Waals surface area contributed by atoms with Gasteiger partial charge in [-0.1, -0.05) is 13.0 Å². The molecule has 0 spiro atoms. The molecule has 2 atom stereocenters. The molecule has 0 radical (unpaired) electrons. The van der Waals surface area contributed by atoms with E-state index in [9.17, 15) is 0 Å². The second-order valence-electron chi connectivity index (χ2n) is 5.44. The zero-order valence-corrected chi connectivity index (χ0v) is 13.7. The van der Waals surface area contributed by atoms with Crippen molar-refractivity contribution >= 4 is 6.21 Å². The highest BCUT2D eigenvalue weighted by atomic mass is 16.5. The minimum Gasteiger partial charge on any atom is -0.381 e. The summed E-state index contributed by atoms with van der Waals surface area (Å²) in [4.78, 5) is 3.81. The standard InChI is InChI=1S/C12H20O.C6H11N/c1-3-4-5-6-12-8-10-13-9-7-11(12)2;1-4-6(2)5-7-3/h1,11-12H,4-10H2,2H3;4-5H,1-3H3/b;6-4-,7-5?.